The number of halogens is 3. The van der Waals surface area contributed by atoms with E-state index in [1.54, 1.807) is 23.3 Å². The molecule has 0 saturated carbocycles. The number of benzene rings is 2. The molecule has 3 aromatic rings. The number of ether oxygens (including phenoxy) is 2. The molecule has 0 saturated heterocycles. The Balaban J connectivity index is 1.67. The normalized spacial score (nSPS) is 13.5. The summed E-state index contributed by atoms with van der Waals surface area (Å²) in [7, 11) is 0. The van der Waals surface area contributed by atoms with Crippen molar-refractivity contribution in [2.75, 3.05) is 19.1 Å². The molecule has 2 unspecified atom stereocenters. The molecule has 0 aliphatic rings. The van der Waals surface area contributed by atoms with E-state index in [2.05, 4.69) is 18.8 Å². The van der Waals surface area contributed by atoms with Crippen LogP contribution in [0.2, 0.25) is 10.0 Å². The highest BCUT2D eigenvalue weighted by molar-refractivity contribution is 6.37. The first kappa shape index (κ1) is 25.7. The minimum atomic E-state index is -0.803. The highest BCUT2D eigenvalue weighted by Crippen LogP contribution is 2.40. The quantitative estimate of drug-likeness (QED) is 0.355. The van der Waals surface area contributed by atoms with Crippen molar-refractivity contribution in [1.29, 1.82) is 0 Å². The third-order valence-corrected chi connectivity index (χ3v) is 6.24. The molecule has 0 aliphatic heterocycles. The zero-order chi connectivity index (χ0) is 24.0. The largest absolute Gasteiger partial charge is 0.491 e. The third-order valence-electron chi connectivity index (χ3n) is 5.32. The van der Waals surface area contributed by atoms with Crippen LogP contribution in [-0.2, 0) is 12.0 Å². The van der Waals surface area contributed by atoms with Crippen LogP contribution in [0, 0.1) is 0 Å². The van der Waals surface area contributed by atoms with Gasteiger partial charge >= 0.3 is 0 Å². The Morgan fingerprint density at radius 1 is 0.970 bits per heavy atom. The van der Waals surface area contributed by atoms with Crippen molar-refractivity contribution >= 4 is 34.8 Å². The average molecular weight is 514 g/mol. The van der Waals surface area contributed by atoms with E-state index in [9.17, 15) is 10.2 Å². The molecule has 33 heavy (non-hydrogen) atoms. The summed E-state index contributed by atoms with van der Waals surface area (Å²) in [4.78, 5) is 3.96. The minimum Gasteiger partial charge on any atom is -0.491 e. The average Bonchev–Trinajstić information content (AvgIpc) is 3.30. The summed E-state index contributed by atoms with van der Waals surface area (Å²) in [5.74, 6) is 1.04. The van der Waals surface area contributed by atoms with Gasteiger partial charge in [0.25, 0.3) is 0 Å². The fourth-order valence-electron chi connectivity index (χ4n) is 3.30. The number of imidazole rings is 1. The number of aliphatic hydroxyl groups excluding tert-OH is 2. The topological polar surface area (TPSA) is 76.7 Å². The lowest BCUT2D eigenvalue weighted by Crippen LogP contribution is -2.23. The van der Waals surface area contributed by atoms with Crippen molar-refractivity contribution in [3.05, 3.63) is 76.3 Å². The van der Waals surface area contributed by atoms with E-state index in [0.717, 1.165) is 11.1 Å². The van der Waals surface area contributed by atoms with Gasteiger partial charge in [-0.05, 0) is 35.4 Å². The molecule has 9 heteroatoms. The van der Waals surface area contributed by atoms with Crippen LogP contribution >= 0.6 is 34.8 Å². The first-order chi connectivity index (χ1) is 15.7. The van der Waals surface area contributed by atoms with Gasteiger partial charge in [-0.2, -0.15) is 0 Å². The number of alkyl halides is 1. The standard InChI is InChI=1S/C24H27Cl3N2O4/c1-24(2,17-9-21(26)23(22(27)10-17)33-13-18(30)11-25)16-3-5-20(6-4-16)32-14-19(31)12-29-8-7-28-15-29/h3-10,15,18-19,30-31H,11-14H2,1-2H3. The van der Waals surface area contributed by atoms with Crippen LogP contribution in [0.5, 0.6) is 11.5 Å². The van der Waals surface area contributed by atoms with E-state index in [4.69, 9.17) is 44.3 Å². The second-order valence-electron chi connectivity index (χ2n) is 8.26. The van der Waals surface area contributed by atoms with Crippen molar-refractivity contribution in [3.63, 3.8) is 0 Å². The molecule has 6 nitrogen and oxygen atoms in total. The molecule has 178 valence electrons. The molecule has 0 amide bonds. The molecule has 0 fully saturated rings. The predicted molar refractivity (Wildman–Crippen MR) is 131 cm³/mol. The van der Waals surface area contributed by atoms with Gasteiger partial charge in [-0.1, -0.05) is 49.2 Å². The molecule has 2 N–H and O–H groups in total. The van der Waals surface area contributed by atoms with Crippen molar-refractivity contribution in [1.82, 2.24) is 9.55 Å². The van der Waals surface area contributed by atoms with Crippen molar-refractivity contribution in [2.45, 2.75) is 38.0 Å². The van der Waals surface area contributed by atoms with E-state index in [1.165, 1.54) is 0 Å². The lowest BCUT2D eigenvalue weighted by Gasteiger charge is -2.27. The van der Waals surface area contributed by atoms with E-state index in [-0.39, 0.29) is 19.1 Å². The maximum absolute atomic E-state index is 10.1. The van der Waals surface area contributed by atoms with Gasteiger partial charge in [-0.15, -0.1) is 11.6 Å². The smallest absolute Gasteiger partial charge is 0.156 e. The summed E-state index contributed by atoms with van der Waals surface area (Å²) in [5, 5.41) is 20.5. The lowest BCUT2D eigenvalue weighted by atomic mass is 9.78. The van der Waals surface area contributed by atoms with Crippen LogP contribution in [0.1, 0.15) is 25.0 Å². The first-order valence-corrected chi connectivity index (χ1v) is 11.7. The molecule has 0 radical (unpaired) electrons. The molecule has 0 spiro atoms. The van der Waals surface area contributed by atoms with Crippen molar-refractivity contribution < 1.29 is 19.7 Å². The third kappa shape index (κ3) is 6.78. The first-order valence-electron chi connectivity index (χ1n) is 10.4. The van der Waals surface area contributed by atoms with Gasteiger partial charge in [0.15, 0.2) is 5.75 Å². The van der Waals surface area contributed by atoms with Crippen LogP contribution in [0.15, 0.2) is 55.1 Å². The van der Waals surface area contributed by atoms with Gasteiger partial charge < -0.3 is 24.3 Å². The summed E-state index contributed by atoms with van der Waals surface area (Å²) in [6.07, 6.45) is 3.66. The van der Waals surface area contributed by atoms with Gasteiger partial charge in [-0.25, -0.2) is 4.98 Å². The van der Waals surface area contributed by atoms with E-state index < -0.39 is 17.6 Å². The van der Waals surface area contributed by atoms with E-state index >= 15 is 0 Å². The molecular formula is C24H27Cl3N2O4. The number of hydrogen-bond donors (Lipinski definition) is 2. The Kier molecular flexibility index (Phi) is 8.90. The fraction of sp³-hybridized carbons (Fsp3) is 0.375. The summed E-state index contributed by atoms with van der Waals surface area (Å²) in [6, 6.07) is 11.3. The minimum absolute atomic E-state index is 0.00413. The molecule has 2 atom stereocenters. The van der Waals surface area contributed by atoms with Crippen LogP contribution in [0.3, 0.4) is 0 Å². The maximum Gasteiger partial charge on any atom is 0.156 e. The summed E-state index contributed by atoms with van der Waals surface area (Å²) in [5.41, 5.74) is 1.54. The van der Waals surface area contributed by atoms with Crippen LogP contribution < -0.4 is 9.47 Å². The molecule has 1 heterocycles. The fourth-order valence-corrected chi connectivity index (χ4v) is 3.99. The van der Waals surface area contributed by atoms with E-state index in [0.29, 0.717) is 28.1 Å². The Morgan fingerprint density at radius 3 is 2.18 bits per heavy atom. The molecule has 1 aromatic heterocycles. The molecule has 0 bridgehead atoms. The van der Waals surface area contributed by atoms with Crippen LogP contribution in [0.4, 0.5) is 0 Å². The van der Waals surface area contributed by atoms with Gasteiger partial charge in [0.2, 0.25) is 0 Å². The Labute approximate surface area is 208 Å². The number of hydrogen-bond acceptors (Lipinski definition) is 5. The zero-order valence-electron chi connectivity index (χ0n) is 18.4. The number of aromatic nitrogens is 2. The summed E-state index contributed by atoms with van der Waals surface area (Å²) < 4.78 is 13.1. The molecule has 3 rings (SSSR count). The Hall–Kier alpha value is -1.96. The van der Waals surface area contributed by atoms with Gasteiger partial charge in [0.1, 0.15) is 31.2 Å². The predicted octanol–water partition coefficient (Wildman–Crippen LogP) is 4.93. The van der Waals surface area contributed by atoms with Crippen molar-refractivity contribution in [2.24, 2.45) is 0 Å². The second-order valence-corrected chi connectivity index (χ2v) is 9.38. The molecule has 0 aliphatic carbocycles. The highest BCUT2D eigenvalue weighted by atomic mass is 35.5. The zero-order valence-corrected chi connectivity index (χ0v) is 20.7. The number of aliphatic hydroxyl groups is 2. The van der Waals surface area contributed by atoms with Gasteiger partial charge in [0.05, 0.1) is 28.8 Å². The highest BCUT2D eigenvalue weighted by Gasteiger charge is 2.26. The van der Waals surface area contributed by atoms with Gasteiger partial charge in [0, 0.05) is 17.8 Å². The lowest BCUT2D eigenvalue weighted by molar-refractivity contribution is 0.0924. The van der Waals surface area contributed by atoms with Gasteiger partial charge in [-0.3, -0.25) is 0 Å². The molecule has 2 aromatic carbocycles. The summed E-state index contributed by atoms with van der Waals surface area (Å²) >= 11 is 18.5. The van der Waals surface area contributed by atoms with Crippen molar-refractivity contribution in [3.8, 4) is 11.5 Å². The number of rotatable bonds is 11. The van der Waals surface area contributed by atoms with Crippen LogP contribution in [-0.4, -0.2) is 51.1 Å². The van der Waals surface area contributed by atoms with Crippen LogP contribution in [0.25, 0.3) is 0 Å². The Bertz CT molecular complexity index is 1000. The Morgan fingerprint density at radius 2 is 1.61 bits per heavy atom. The SMILES string of the molecule is CC(C)(c1ccc(OCC(O)Cn2ccnc2)cc1)c1cc(Cl)c(OCC(O)CCl)c(Cl)c1. The summed E-state index contributed by atoms with van der Waals surface area (Å²) in [6.45, 7) is 4.72. The van der Waals surface area contributed by atoms with E-state index in [1.807, 2.05) is 36.4 Å². The maximum atomic E-state index is 10.1. The monoisotopic (exact) mass is 512 g/mol. The number of nitrogens with zero attached hydrogens (tertiary/aromatic N) is 2. The molecular weight excluding hydrogens is 487 g/mol. The second kappa shape index (κ2) is 11.4.